The van der Waals surface area contributed by atoms with Crippen LogP contribution < -0.4 is 9.64 Å². The Morgan fingerprint density at radius 3 is 2.62 bits per heavy atom. The van der Waals surface area contributed by atoms with E-state index in [4.69, 9.17) is 4.74 Å². The summed E-state index contributed by atoms with van der Waals surface area (Å²) in [5, 5.41) is 7.87. The van der Waals surface area contributed by atoms with Gasteiger partial charge in [0.05, 0.1) is 11.9 Å². The molecule has 5 nitrogen and oxygen atoms in total. The molecule has 138 valence electrons. The number of benzene rings is 1. The van der Waals surface area contributed by atoms with Crippen LogP contribution in [0.3, 0.4) is 0 Å². The number of amides is 1. The summed E-state index contributed by atoms with van der Waals surface area (Å²) in [6, 6.07) is 7.60. The van der Waals surface area contributed by atoms with Crippen LogP contribution >= 0.6 is 0 Å². The van der Waals surface area contributed by atoms with Gasteiger partial charge in [0.1, 0.15) is 5.56 Å². The average molecular weight is 353 g/mol. The van der Waals surface area contributed by atoms with Gasteiger partial charge in [0.2, 0.25) is 0 Å². The fraction of sp³-hybridized carbons (Fsp3) is 0.476. The number of anilines is 1. The second-order valence-electron chi connectivity index (χ2n) is 6.90. The van der Waals surface area contributed by atoms with Crippen LogP contribution in [0, 0.1) is 6.92 Å². The molecule has 0 aliphatic carbocycles. The second kappa shape index (κ2) is 8.79. The molecule has 5 heteroatoms. The van der Waals surface area contributed by atoms with Crippen molar-refractivity contribution >= 4 is 11.6 Å². The van der Waals surface area contributed by atoms with Crippen LogP contribution in [0.15, 0.2) is 30.5 Å². The molecule has 2 heterocycles. The van der Waals surface area contributed by atoms with E-state index in [1.165, 1.54) is 38.3 Å². The van der Waals surface area contributed by atoms with Crippen molar-refractivity contribution in [3.8, 4) is 11.6 Å². The first kappa shape index (κ1) is 18.4. The molecule has 1 aromatic heterocycles. The molecule has 1 aliphatic rings. The van der Waals surface area contributed by atoms with Crippen molar-refractivity contribution in [1.29, 1.82) is 0 Å². The molecule has 0 fully saturated rings. The Morgan fingerprint density at radius 2 is 1.81 bits per heavy atom. The van der Waals surface area contributed by atoms with Crippen LogP contribution in [-0.2, 0) is 0 Å². The van der Waals surface area contributed by atoms with Crippen molar-refractivity contribution in [1.82, 2.24) is 10.2 Å². The predicted octanol–water partition coefficient (Wildman–Crippen LogP) is 5.29. The molecule has 0 saturated carbocycles. The molecule has 1 aliphatic heterocycles. The van der Waals surface area contributed by atoms with Gasteiger partial charge in [-0.1, -0.05) is 51.5 Å². The molecule has 2 aromatic rings. The number of fused-ring (bicyclic) bond motifs is 2. The Balaban J connectivity index is 1.74. The molecule has 0 unspecified atom stereocenters. The molecular formula is C21H27N3O2. The molecule has 1 aromatic carbocycles. The molecule has 0 atom stereocenters. The Kier molecular flexibility index (Phi) is 6.21. The first-order valence-corrected chi connectivity index (χ1v) is 9.62. The van der Waals surface area contributed by atoms with Crippen molar-refractivity contribution in [2.24, 2.45) is 0 Å². The third-order valence-corrected chi connectivity index (χ3v) is 4.76. The number of unbranched alkanes of at least 4 members (excludes halogenated alkanes) is 6. The first-order chi connectivity index (χ1) is 12.7. The van der Waals surface area contributed by atoms with Gasteiger partial charge < -0.3 is 9.64 Å². The van der Waals surface area contributed by atoms with Crippen molar-refractivity contribution in [2.75, 3.05) is 11.4 Å². The van der Waals surface area contributed by atoms with Crippen molar-refractivity contribution in [2.45, 2.75) is 58.8 Å². The molecule has 0 spiro atoms. The zero-order valence-electron chi connectivity index (χ0n) is 15.7. The highest BCUT2D eigenvalue weighted by Crippen LogP contribution is 2.38. The summed E-state index contributed by atoms with van der Waals surface area (Å²) < 4.78 is 5.92. The fourth-order valence-electron chi connectivity index (χ4n) is 3.29. The van der Waals surface area contributed by atoms with Crippen LogP contribution in [0.25, 0.3) is 0 Å². The highest BCUT2D eigenvalue weighted by atomic mass is 16.5. The van der Waals surface area contributed by atoms with Crippen LogP contribution in [0.1, 0.15) is 67.8 Å². The van der Waals surface area contributed by atoms with E-state index in [1.807, 2.05) is 30.0 Å². The summed E-state index contributed by atoms with van der Waals surface area (Å²) in [7, 11) is 0. The lowest BCUT2D eigenvalue weighted by molar-refractivity contribution is 0.0986. The first-order valence-electron chi connectivity index (χ1n) is 9.62. The molecule has 3 rings (SSSR count). The van der Waals surface area contributed by atoms with Gasteiger partial charge in [-0.2, -0.15) is 5.10 Å². The van der Waals surface area contributed by atoms with E-state index in [0.717, 1.165) is 24.1 Å². The minimum atomic E-state index is -0.0662. The molecular weight excluding hydrogens is 326 g/mol. The number of ether oxygens (including phenoxy) is 1. The van der Waals surface area contributed by atoms with Gasteiger partial charge in [-0.05, 0) is 37.1 Å². The number of carbonyl (C=O) groups is 1. The lowest BCUT2D eigenvalue weighted by atomic mass is 10.1. The number of aryl methyl sites for hydroxylation is 1. The molecule has 0 bridgehead atoms. The Morgan fingerprint density at radius 1 is 1.04 bits per heavy atom. The van der Waals surface area contributed by atoms with E-state index in [1.54, 1.807) is 6.07 Å². The Labute approximate surface area is 155 Å². The van der Waals surface area contributed by atoms with Crippen LogP contribution in [-0.4, -0.2) is 22.6 Å². The number of hydrogen-bond acceptors (Lipinski definition) is 4. The average Bonchev–Trinajstić information content (AvgIpc) is 2.75. The summed E-state index contributed by atoms with van der Waals surface area (Å²) >= 11 is 0. The van der Waals surface area contributed by atoms with Gasteiger partial charge in [0.25, 0.3) is 11.8 Å². The van der Waals surface area contributed by atoms with Gasteiger partial charge >= 0.3 is 0 Å². The highest BCUT2D eigenvalue weighted by molar-refractivity contribution is 6.09. The molecule has 0 saturated heterocycles. The van der Waals surface area contributed by atoms with Gasteiger partial charge in [0, 0.05) is 6.54 Å². The van der Waals surface area contributed by atoms with E-state index in [-0.39, 0.29) is 11.8 Å². The van der Waals surface area contributed by atoms with E-state index < -0.39 is 0 Å². The number of rotatable bonds is 8. The number of carbonyl (C=O) groups excluding carboxylic acids is 1. The molecule has 0 radical (unpaired) electrons. The van der Waals surface area contributed by atoms with Crippen molar-refractivity contribution in [3.63, 3.8) is 0 Å². The van der Waals surface area contributed by atoms with E-state index >= 15 is 0 Å². The Hall–Kier alpha value is -2.43. The monoisotopic (exact) mass is 353 g/mol. The topological polar surface area (TPSA) is 55.3 Å². The van der Waals surface area contributed by atoms with Gasteiger partial charge in [0.15, 0.2) is 5.75 Å². The number of aromatic nitrogens is 2. The summed E-state index contributed by atoms with van der Waals surface area (Å²) in [5.41, 5.74) is 2.36. The van der Waals surface area contributed by atoms with Gasteiger partial charge in [-0.3, -0.25) is 4.79 Å². The van der Waals surface area contributed by atoms with Crippen LogP contribution in [0.4, 0.5) is 5.69 Å². The molecule has 26 heavy (non-hydrogen) atoms. The maximum Gasteiger partial charge on any atom is 0.264 e. The standard InChI is InChI=1S/C21H27N3O2/c1-3-4-5-6-7-8-9-14-24-18-11-10-16(2)15-19(18)26-20-17(21(24)25)12-13-22-23-20/h10-13,15H,3-9,14H2,1-2H3. The summed E-state index contributed by atoms with van der Waals surface area (Å²) in [5.74, 6) is 0.885. The Bertz CT molecular complexity index is 761. The third kappa shape index (κ3) is 4.21. The summed E-state index contributed by atoms with van der Waals surface area (Å²) in [6.07, 6.45) is 10.0. The lowest BCUT2D eigenvalue weighted by Crippen LogP contribution is -2.31. The summed E-state index contributed by atoms with van der Waals surface area (Å²) in [4.78, 5) is 14.9. The maximum absolute atomic E-state index is 13.1. The van der Waals surface area contributed by atoms with E-state index in [0.29, 0.717) is 17.9 Å². The van der Waals surface area contributed by atoms with Crippen molar-refractivity contribution in [3.05, 3.63) is 41.6 Å². The third-order valence-electron chi connectivity index (χ3n) is 4.76. The zero-order chi connectivity index (χ0) is 18.4. The number of nitrogens with zero attached hydrogens (tertiary/aromatic N) is 3. The quantitative estimate of drug-likeness (QED) is 0.605. The van der Waals surface area contributed by atoms with Crippen LogP contribution in [0.5, 0.6) is 11.6 Å². The SMILES string of the molecule is CCCCCCCCCN1C(=O)c2ccnnc2Oc2cc(C)ccc21. The fourth-order valence-corrected chi connectivity index (χ4v) is 3.29. The van der Waals surface area contributed by atoms with Gasteiger partial charge in [-0.25, -0.2) is 0 Å². The van der Waals surface area contributed by atoms with E-state index in [9.17, 15) is 4.79 Å². The highest BCUT2D eigenvalue weighted by Gasteiger charge is 2.28. The smallest absolute Gasteiger partial charge is 0.264 e. The van der Waals surface area contributed by atoms with Gasteiger partial charge in [-0.15, -0.1) is 5.10 Å². The minimum Gasteiger partial charge on any atom is -0.435 e. The number of hydrogen-bond donors (Lipinski definition) is 0. The summed E-state index contributed by atoms with van der Waals surface area (Å²) in [6.45, 7) is 4.93. The lowest BCUT2D eigenvalue weighted by Gasteiger charge is -2.22. The maximum atomic E-state index is 13.1. The zero-order valence-corrected chi connectivity index (χ0v) is 15.7. The molecule has 0 N–H and O–H groups in total. The largest absolute Gasteiger partial charge is 0.435 e. The minimum absolute atomic E-state index is 0.0662. The molecule has 1 amide bonds. The van der Waals surface area contributed by atoms with E-state index in [2.05, 4.69) is 17.1 Å². The van der Waals surface area contributed by atoms with Crippen LogP contribution in [0.2, 0.25) is 0 Å². The normalized spacial score (nSPS) is 13.0. The van der Waals surface area contributed by atoms with Crippen molar-refractivity contribution < 1.29 is 9.53 Å². The predicted molar refractivity (Wildman–Crippen MR) is 103 cm³/mol. The second-order valence-corrected chi connectivity index (χ2v) is 6.90.